The van der Waals surface area contributed by atoms with Gasteiger partial charge >= 0.3 is 5.97 Å². The fourth-order valence-electron chi connectivity index (χ4n) is 4.54. The predicted octanol–water partition coefficient (Wildman–Crippen LogP) is 4.86. The van der Waals surface area contributed by atoms with Crippen LogP contribution in [0.2, 0.25) is 0 Å². The van der Waals surface area contributed by atoms with Gasteiger partial charge in [0.15, 0.2) is 6.10 Å². The Labute approximate surface area is 182 Å². The molecule has 0 unspecified atom stereocenters. The number of fused-ring (bicyclic) bond motifs is 3. The monoisotopic (exact) mass is 427 g/mol. The number of carbonyl (C=O) groups excluding carboxylic acids is 2. The number of aryl methyl sites for hydroxylation is 2. The molecule has 1 aromatic carbocycles. The minimum Gasteiger partial charge on any atom is -0.497 e. The van der Waals surface area contributed by atoms with E-state index in [1.165, 1.54) is 28.9 Å². The first-order chi connectivity index (χ1) is 14.5. The SMILES string of the molecule is COc1ccc2c(c1)CCc1cc(C(=O)O[C@H](C)C(=O)N(C)C3CCCCC3)sc1-2. The molecule has 1 fully saturated rings. The predicted molar refractivity (Wildman–Crippen MR) is 118 cm³/mol. The molecule has 1 amide bonds. The van der Waals surface area contributed by atoms with E-state index in [1.807, 2.05) is 19.2 Å². The average Bonchev–Trinajstić information content (AvgIpc) is 3.23. The Morgan fingerprint density at radius 2 is 1.83 bits per heavy atom. The summed E-state index contributed by atoms with van der Waals surface area (Å²) in [5.74, 6) is 0.319. The number of carbonyl (C=O) groups is 2. The van der Waals surface area contributed by atoms with Gasteiger partial charge in [-0.1, -0.05) is 19.3 Å². The normalized spacial score (nSPS) is 16.9. The standard InChI is InChI=1S/C24H29NO4S/c1-15(23(26)25(2)18-7-5-4-6-8-18)29-24(27)21-14-17-10-9-16-13-19(28-3)11-12-20(16)22(17)30-21/h11-15,18H,4-10H2,1-3H3/t15-/m1/s1. The lowest BCUT2D eigenvalue weighted by Gasteiger charge is -2.32. The maximum absolute atomic E-state index is 12.8. The lowest BCUT2D eigenvalue weighted by molar-refractivity contribution is -0.141. The lowest BCUT2D eigenvalue weighted by Crippen LogP contribution is -2.44. The van der Waals surface area contributed by atoms with Crippen LogP contribution in [0.3, 0.4) is 0 Å². The Kier molecular flexibility index (Phi) is 6.14. The summed E-state index contributed by atoms with van der Waals surface area (Å²) in [6.45, 7) is 1.68. The van der Waals surface area contributed by atoms with Gasteiger partial charge in [0.1, 0.15) is 10.6 Å². The first-order valence-electron chi connectivity index (χ1n) is 10.8. The zero-order valence-corrected chi connectivity index (χ0v) is 18.7. The van der Waals surface area contributed by atoms with Crippen molar-refractivity contribution < 1.29 is 19.1 Å². The Bertz CT molecular complexity index is 945. The van der Waals surface area contributed by atoms with E-state index in [9.17, 15) is 9.59 Å². The molecule has 6 heteroatoms. The van der Waals surface area contributed by atoms with Crippen LogP contribution >= 0.6 is 11.3 Å². The second-order valence-corrected chi connectivity index (χ2v) is 9.33. The number of esters is 1. The molecular formula is C24H29NO4S. The molecule has 1 saturated carbocycles. The summed E-state index contributed by atoms with van der Waals surface area (Å²) in [5, 5.41) is 0. The summed E-state index contributed by atoms with van der Waals surface area (Å²) in [7, 11) is 3.50. The molecule has 2 aromatic rings. The summed E-state index contributed by atoms with van der Waals surface area (Å²) in [4.78, 5) is 29.0. The maximum Gasteiger partial charge on any atom is 0.349 e. The van der Waals surface area contributed by atoms with Gasteiger partial charge in [-0.2, -0.15) is 0 Å². The van der Waals surface area contributed by atoms with E-state index in [0.717, 1.165) is 54.7 Å². The zero-order chi connectivity index (χ0) is 21.3. The highest BCUT2D eigenvalue weighted by molar-refractivity contribution is 7.17. The van der Waals surface area contributed by atoms with Crippen LogP contribution in [0, 0.1) is 0 Å². The van der Waals surface area contributed by atoms with Crippen molar-refractivity contribution in [2.24, 2.45) is 0 Å². The van der Waals surface area contributed by atoms with E-state index in [4.69, 9.17) is 9.47 Å². The highest BCUT2D eigenvalue weighted by Crippen LogP contribution is 2.41. The highest BCUT2D eigenvalue weighted by atomic mass is 32.1. The minimum atomic E-state index is -0.778. The van der Waals surface area contributed by atoms with E-state index >= 15 is 0 Å². The summed E-state index contributed by atoms with van der Waals surface area (Å²) >= 11 is 1.45. The molecule has 0 N–H and O–H groups in total. The second-order valence-electron chi connectivity index (χ2n) is 8.28. The fraction of sp³-hybridized carbons (Fsp3) is 0.500. The van der Waals surface area contributed by atoms with Crippen molar-refractivity contribution >= 4 is 23.2 Å². The molecule has 2 aliphatic rings. The number of thiophene rings is 1. The Hall–Kier alpha value is -2.34. The zero-order valence-electron chi connectivity index (χ0n) is 17.9. The van der Waals surface area contributed by atoms with Crippen molar-refractivity contribution in [1.29, 1.82) is 0 Å². The van der Waals surface area contributed by atoms with E-state index in [1.54, 1.807) is 18.9 Å². The first kappa shape index (κ1) is 20.9. The van der Waals surface area contributed by atoms with E-state index < -0.39 is 12.1 Å². The van der Waals surface area contributed by atoms with Gasteiger partial charge in [0.2, 0.25) is 0 Å². The molecule has 0 radical (unpaired) electrons. The molecule has 0 aliphatic heterocycles. The van der Waals surface area contributed by atoms with Gasteiger partial charge in [0.25, 0.3) is 5.91 Å². The van der Waals surface area contributed by atoms with Crippen molar-refractivity contribution in [3.8, 4) is 16.2 Å². The number of nitrogens with zero attached hydrogens (tertiary/aromatic N) is 1. The van der Waals surface area contributed by atoms with Crippen LogP contribution in [0.15, 0.2) is 24.3 Å². The molecule has 4 rings (SSSR count). The van der Waals surface area contributed by atoms with Crippen LogP contribution in [-0.4, -0.2) is 43.1 Å². The third kappa shape index (κ3) is 4.10. The van der Waals surface area contributed by atoms with Crippen LogP contribution in [0.1, 0.15) is 59.8 Å². The molecule has 160 valence electrons. The molecule has 2 aliphatic carbocycles. The number of hydrogen-bond acceptors (Lipinski definition) is 5. The van der Waals surface area contributed by atoms with E-state index in [-0.39, 0.29) is 11.9 Å². The van der Waals surface area contributed by atoms with Gasteiger partial charge in [-0.15, -0.1) is 11.3 Å². The van der Waals surface area contributed by atoms with Crippen molar-refractivity contribution in [3.63, 3.8) is 0 Å². The topological polar surface area (TPSA) is 55.8 Å². The van der Waals surface area contributed by atoms with Crippen LogP contribution in [-0.2, 0) is 22.4 Å². The summed E-state index contributed by atoms with van der Waals surface area (Å²) < 4.78 is 10.9. The number of rotatable bonds is 5. The minimum absolute atomic E-state index is 0.117. The first-order valence-corrected chi connectivity index (χ1v) is 11.6. The third-order valence-corrected chi connectivity index (χ3v) is 7.52. The number of hydrogen-bond donors (Lipinski definition) is 0. The van der Waals surface area contributed by atoms with Crippen molar-refractivity contribution in [3.05, 3.63) is 40.3 Å². The number of ether oxygens (including phenoxy) is 2. The smallest absolute Gasteiger partial charge is 0.349 e. The molecule has 0 spiro atoms. The van der Waals surface area contributed by atoms with E-state index in [2.05, 4.69) is 12.1 Å². The number of amides is 1. The molecular weight excluding hydrogens is 398 g/mol. The highest BCUT2D eigenvalue weighted by Gasteiger charge is 2.29. The van der Waals surface area contributed by atoms with Crippen LogP contribution in [0.25, 0.3) is 10.4 Å². The summed E-state index contributed by atoms with van der Waals surface area (Å²) in [6.07, 6.45) is 6.65. The van der Waals surface area contributed by atoms with Gasteiger partial charge in [-0.3, -0.25) is 4.79 Å². The molecule has 1 heterocycles. The number of methoxy groups -OCH3 is 1. The Morgan fingerprint density at radius 3 is 2.57 bits per heavy atom. The Morgan fingerprint density at radius 1 is 1.10 bits per heavy atom. The van der Waals surface area contributed by atoms with Crippen LogP contribution < -0.4 is 4.74 Å². The average molecular weight is 428 g/mol. The molecule has 1 atom stereocenters. The van der Waals surface area contributed by atoms with E-state index in [0.29, 0.717) is 4.88 Å². The quantitative estimate of drug-likeness (QED) is 0.640. The molecule has 30 heavy (non-hydrogen) atoms. The summed E-state index contributed by atoms with van der Waals surface area (Å²) in [6, 6.07) is 8.27. The van der Waals surface area contributed by atoms with Crippen LogP contribution in [0.4, 0.5) is 0 Å². The molecule has 5 nitrogen and oxygen atoms in total. The van der Waals surface area contributed by atoms with Gasteiger partial charge in [-0.25, -0.2) is 4.79 Å². The van der Waals surface area contributed by atoms with Crippen molar-refractivity contribution in [1.82, 2.24) is 4.90 Å². The fourth-order valence-corrected chi connectivity index (χ4v) is 5.70. The maximum atomic E-state index is 12.8. The van der Waals surface area contributed by atoms with Gasteiger partial charge in [0.05, 0.1) is 7.11 Å². The van der Waals surface area contributed by atoms with Gasteiger partial charge < -0.3 is 14.4 Å². The van der Waals surface area contributed by atoms with Crippen molar-refractivity contribution in [2.75, 3.05) is 14.2 Å². The molecule has 0 saturated heterocycles. The molecule has 1 aromatic heterocycles. The molecule has 0 bridgehead atoms. The van der Waals surface area contributed by atoms with Crippen LogP contribution in [0.5, 0.6) is 5.75 Å². The lowest BCUT2D eigenvalue weighted by atomic mass is 9.91. The second kappa shape index (κ2) is 8.80. The number of likely N-dealkylation sites (N-methyl/N-ethyl adjacent to an activating group) is 1. The largest absolute Gasteiger partial charge is 0.497 e. The summed E-state index contributed by atoms with van der Waals surface area (Å²) in [5.41, 5.74) is 3.56. The van der Waals surface area contributed by atoms with Crippen molar-refractivity contribution in [2.45, 2.75) is 64.0 Å². The Balaban J connectivity index is 1.45. The third-order valence-electron chi connectivity index (χ3n) is 6.33. The van der Waals surface area contributed by atoms with Gasteiger partial charge in [-0.05, 0) is 73.6 Å². The van der Waals surface area contributed by atoms with Gasteiger partial charge in [0, 0.05) is 18.0 Å². The number of benzene rings is 1.